The van der Waals surface area contributed by atoms with Crippen molar-refractivity contribution < 1.29 is 0 Å². The van der Waals surface area contributed by atoms with Crippen LogP contribution in [0.4, 0.5) is 0 Å². The third kappa shape index (κ3) is 1.69. The molecule has 0 N–H and O–H groups in total. The van der Waals surface area contributed by atoms with E-state index in [2.05, 4.69) is 22.7 Å². The number of rotatable bonds is 1. The molecule has 0 atom stereocenters. The lowest BCUT2D eigenvalue weighted by atomic mass is 10.1. The second-order valence-corrected chi connectivity index (χ2v) is 4.44. The van der Waals surface area contributed by atoms with Crippen molar-refractivity contribution in [3.8, 4) is 11.1 Å². The van der Waals surface area contributed by atoms with E-state index in [1.54, 1.807) is 16.9 Å². The summed E-state index contributed by atoms with van der Waals surface area (Å²) in [6, 6.07) is 7.54. The smallest absolute Gasteiger partial charge is 0.162 e. The predicted molar refractivity (Wildman–Crippen MR) is 70.7 cm³/mol. The van der Waals surface area contributed by atoms with Crippen LogP contribution in [0.3, 0.4) is 0 Å². The molecular weight excluding hydrogens is 254 g/mol. The van der Waals surface area contributed by atoms with Crippen LogP contribution in [0.15, 0.2) is 47.8 Å². The van der Waals surface area contributed by atoms with Crippen LogP contribution in [0.2, 0.25) is 5.02 Å². The third-order valence-electron chi connectivity index (χ3n) is 2.55. The van der Waals surface area contributed by atoms with Crippen LogP contribution in [-0.2, 0) is 0 Å². The molecule has 17 heavy (non-hydrogen) atoms. The lowest BCUT2D eigenvalue weighted by Gasteiger charge is -2.03. The Kier molecular flexibility index (Phi) is 2.53. The van der Waals surface area contributed by atoms with E-state index in [0.29, 0.717) is 5.02 Å². The van der Waals surface area contributed by atoms with E-state index >= 15 is 0 Å². The first-order chi connectivity index (χ1) is 8.27. The molecule has 0 saturated carbocycles. The molecule has 0 amide bonds. The molecule has 0 aliphatic carbocycles. The minimum atomic E-state index is 0.622. The second kappa shape index (κ2) is 4.05. The minimum absolute atomic E-state index is 0.622. The van der Waals surface area contributed by atoms with Crippen molar-refractivity contribution in [3.05, 3.63) is 47.9 Å². The molecule has 0 spiro atoms. The number of hydrogen-bond acceptors (Lipinski definition) is 3. The van der Waals surface area contributed by atoms with Crippen LogP contribution in [0, 0.1) is 0 Å². The summed E-state index contributed by atoms with van der Waals surface area (Å²) in [6.45, 7) is 0. The van der Waals surface area contributed by atoms with Gasteiger partial charge in [0.2, 0.25) is 0 Å². The van der Waals surface area contributed by atoms with Crippen molar-refractivity contribution in [1.29, 1.82) is 0 Å². The van der Waals surface area contributed by atoms with E-state index in [0.717, 1.165) is 21.7 Å². The first kappa shape index (κ1) is 10.6. The SMILES string of the molecule is Sc1cccc(-c2cnn3cccnc23)c1Cl. The fourth-order valence-corrected chi connectivity index (χ4v) is 2.18. The molecule has 84 valence electrons. The molecule has 3 rings (SSSR count). The molecule has 5 heteroatoms. The number of hydrogen-bond donors (Lipinski definition) is 1. The van der Waals surface area contributed by atoms with Gasteiger partial charge in [-0.1, -0.05) is 23.7 Å². The van der Waals surface area contributed by atoms with E-state index in [4.69, 9.17) is 11.6 Å². The third-order valence-corrected chi connectivity index (χ3v) is 3.46. The minimum Gasteiger partial charge on any atom is -0.236 e. The van der Waals surface area contributed by atoms with Crippen molar-refractivity contribution in [2.24, 2.45) is 0 Å². The lowest BCUT2D eigenvalue weighted by Crippen LogP contribution is -1.88. The highest BCUT2D eigenvalue weighted by molar-refractivity contribution is 7.80. The molecule has 1 aromatic carbocycles. The average Bonchev–Trinajstić information content (AvgIpc) is 2.77. The molecule has 2 aromatic heterocycles. The fraction of sp³-hybridized carbons (Fsp3) is 0. The first-order valence-corrected chi connectivity index (χ1v) is 5.86. The lowest BCUT2D eigenvalue weighted by molar-refractivity contribution is 0.939. The Morgan fingerprint density at radius 1 is 1.18 bits per heavy atom. The van der Waals surface area contributed by atoms with Crippen molar-refractivity contribution >= 4 is 29.9 Å². The van der Waals surface area contributed by atoms with Gasteiger partial charge in [-0.05, 0) is 12.1 Å². The molecule has 0 unspecified atom stereocenters. The van der Waals surface area contributed by atoms with Crippen LogP contribution in [0.1, 0.15) is 0 Å². The highest BCUT2D eigenvalue weighted by Crippen LogP contribution is 2.33. The molecule has 0 aliphatic rings. The van der Waals surface area contributed by atoms with E-state index in [1.165, 1.54) is 0 Å². The maximum atomic E-state index is 6.24. The van der Waals surface area contributed by atoms with E-state index in [-0.39, 0.29) is 0 Å². The van der Waals surface area contributed by atoms with Crippen molar-refractivity contribution in [1.82, 2.24) is 14.6 Å². The summed E-state index contributed by atoms with van der Waals surface area (Å²) in [5.41, 5.74) is 2.59. The number of fused-ring (bicyclic) bond motifs is 1. The van der Waals surface area contributed by atoms with Gasteiger partial charge in [-0.15, -0.1) is 12.6 Å². The molecule has 0 saturated heterocycles. The normalized spacial score (nSPS) is 10.9. The van der Waals surface area contributed by atoms with Gasteiger partial charge < -0.3 is 0 Å². The summed E-state index contributed by atoms with van der Waals surface area (Å²) in [5, 5.41) is 4.86. The monoisotopic (exact) mass is 261 g/mol. The zero-order valence-electron chi connectivity index (χ0n) is 8.71. The zero-order chi connectivity index (χ0) is 11.8. The van der Waals surface area contributed by atoms with Gasteiger partial charge in [0, 0.05) is 28.4 Å². The maximum Gasteiger partial charge on any atom is 0.162 e. The molecule has 0 fully saturated rings. The number of benzene rings is 1. The number of halogens is 1. The molecule has 2 heterocycles. The summed E-state index contributed by atoms with van der Waals surface area (Å²) in [7, 11) is 0. The molecule has 3 aromatic rings. The summed E-state index contributed by atoms with van der Waals surface area (Å²) in [5.74, 6) is 0. The molecule has 0 radical (unpaired) electrons. The van der Waals surface area contributed by atoms with E-state index in [1.807, 2.05) is 30.5 Å². The molecular formula is C12H8ClN3S. The Bertz CT molecular complexity index is 693. The first-order valence-electron chi connectivity index (χ1n) is 5.03. The highest BCUT2D eigenvalue weighted by atomic mass is 35.5. The average molecular weight is 262 g/mol. The van der Waals surface area contributed by atoms with Gasteiger partial charge in [0.25, 0.3) is 0 Å². The van der Waals surface area contributed by atoms with Crippen LogP contribution in [0.5, 0.6) is 0 Å². The molecule has 0 aliphatic heterocycles. The summed E-state index contributed by atoms with van der Waals surface area (Å²) in [6.07, 6.45) is 5.35. The highest BCUT2D eigenvalue weighted by Gasteiger charge is 2.11. The Morgan fingerprint density at radius 3 is 2.94 bits per heavy atom. The van der Waals surface area contributed by atoms with E-state index in [9.17, 15) is 0 Å². The maximum absolute atomic E-state index is 6.24. The Labute approximate surface area is 108 Å². The van der Waals surface area contributed by atoms with Crippen molar-refractivity contribution in [3.63, 3.8) is 0 Å². The molecule has 3 nitrogen and oxygen atoms in total. The predicted octanol–water partition coefficient (Wildman–Crippen LogP) is 3.34. The van der Waals surface area contributed by atoms with Crippen LogP contribution >= 0.6 is 24.2 Å². The second-order valence-electron chi connectivity index (χ2n) is 3.58. The Balaban J connectivity index is 2.31. The Hall–Kier alpha value is -1.52. The van der Waals surface area contributed by atoms with Crippen molar-refractivity contribution in [2.75, 3.05) is 0 Å². The fourth-order valence-electron chi connectivity index (χ4n) is 1.74. The van der Waals surface area contributed by atoms with Crippen LogP contribution in [0.25, 0.3) is 16.8 Å². The summed E-state index contributed by atoms with van der Waals surface area (Å²) >= 11 is 10.6. The van der Waals surface area contributed by atoms with Gasteiger partial charge >= 0.3 is 0 Å². The largest absolute Gasteiger partial charge is 0.236 e. The van der Waals surface area contributed by atoms with Crippen LogP contribution < -0.4 is 0 Å². The van der Waals surface area contributed by atoms with E-state index < -0.39 is 0 Å². The van der Waals surface area contributed by atoms with Crippen molar-refractivity contribution in [2.45, 2.75) is 4.90 Å². The summed E-state index contributed by atoms with van der Waals surface area (Å²) < 4.78 is 1.72. The van der Waals surface area contributed by atoms with Gasteiger partial charge in [0.15, 0.2) is 5.65 Å². The Morgan fingerprint density at radius 2 is 2.06 bits per heavy atom. The van der Waals surface area contributed by atoms with Gasteiger partial charge in [-0.3, -0.25) is 0 Å². The number of nitrogens with zero attached hydrogens (tertiary/aromatic N) is 3. The van der Waals surface area contributed by atoms with Gasteiger partial charge in [0.05, 0.1) is 11.2 Å². The number of aromatic nitrogens is 3. The standard InChI is InChI=1S/C12H8ClN3S/c13-11-8(3-1-4-10(11)17)9-7-15-16-6-2-5-14-12(9)16/h1-7,17H. The van der Waals surface area contributed by atoms with Gasteiger partial charge in [-0.2, -0.15) is 5.10 Å². The number of thiol groups is 1. The summed E-state index contributed by atoms with van der Waals surface area (Å²) in [4.78, 5) is 5.05. The topological polar surface area (TPSA) is 30.2 Å². The quantitative estimate of drug-likeness (QED) is 0.681. The zero-order valence-corrected chi connectivity index (χ0v) is 10.4. The van der Waals surface area contributed by atoms with Gasteiger partial charge in [-0.25, -0.2) is 9.50 Å². The molecule has 0 bridgehead atoms. The van der Waals surface area contributed by atoms with Gasteiger partial charge in [0.1, 0.15) is 0 Å². The van der Waals surface area contributed by atoms with Crippen LogP contribution in [-0.4, -0.2) is 14.6 Å².